The van der Waals surface area contributed by atoms with Gasteiger partial charge in [0.1, 0.15) is 22.1 Å². The third-order valence-electron chi connectivity index (χ3n) is 3.47. The van der Waals surface area contributed by atoms with Crippen LogP contribution in [0, 0.1) is 0 Å². The number of amides is 1. The summed E-state index contributed by atoms with van der Waals surface area (Å²) in [6.07, 6.45) is 0. The SMILES string of the molecule is COc1ccc(-c2nnsc2C(=O)Nc2cc(Cl)ccc2OC)cc1. The molecule has 128 valence electrons. The Kier molecular flexibility index (Phi) is 5.16. The number of hydrogen-bond acceptors (Lipinski definition) is 6. The van der Waals surface area contributed by atoms with Gasteiger partial charge in [0.25, 0.3) is 5.91 Å². The van der Waals surface area contributed by atoms with E-state index in [-0.39, 0.29) is 5.91 Å². The van der Waals surface area contributed by atoms with E-state index in [2.05, 4.69) is 14.9 Å². The summed E-state index contributed by atoms with van der Waals surface area (Å²) in [7, 11) is 3.12. The molecule has 2 aromatic carbocycles. The van der Waals surface area contributed by atoms with Gasteiger partial charge in [-0.2, -0.15) is 0 Å². The predicted molar refractivity (Wildman–Crippen MR) is 97.9 cm³/mol. The monoisotopic (exact) mass is 375 g/mol. The summed E-state index contributed by atoms with van der Waals surface area (Å²) in [5, 5.41) is 7.36. The summed E-state index contributed by atoms with van der Waals surface area (Å²) in [6.45, 7) is 0. The summed E-state index contributed by atoms with van der Waals surface area (Å²) in [5.41, 5.74) is 1.76. The number of aromatic nitrogens is 2. The van der Waals surface area contributed by atoms with Crippen LogP contribution in [0.15, 0.2) is 42.5 Å². The van der Waals surface area contributed by atoms with Crippen molar-refractivity contribution in [3.8, 4) is 22.8 Å². The van der Waals surface area contributed by atoms with Crippen molar-refractivity contribution in [2.45, 2.75) is 0 Å². The first-order valence-corrected chi connectivity index (χ1v) is 8.39. The molecule has 25 heavy (non-hydrogen) atoms. The van der Waals surface area contributed by atoms with Gasteiger partial charge in [0, 0.05) is 10.6 Å². The van der Waals surface area contributed by atoms with Crippen molar-refractivity contribution in [2.24, 2.45) is 0 Å². The van der Waals surface area contributed by atoms with E-state index in [1.165, 1.54) is 7.11 Å². The molecule has 0 radical (unpaired) electrons. The molecule has 0 bridgehead atoms. The second-order valence-electron chi connectivity index (χ2n) is 4.98. The molecule has 1 aromatic heterocycles. The van der Waals surface area contributed by atoms with Gasteiger partial charge in [-0.3, -0.25) is 4.79 Å². The predicted octanol–water partition coefficient (Wildman–Crippen LogP) is 4.13. The largest absolute Gasteiger partial charge is 0.497 e. The molecule has 0 aliphatic carbocycles. The van der Waals surface area contributed by atoms with Gasteiger partial charge in [-0.05, 0) is 54.0 Å². The number of carbonyl (C=O) groups excluding carboxylic acids is 1. The molecule has 3 aromatic rings. The van der Waals surface area contributed by atoms with Crippen LogP contribution in [-0.2, 0) is 0 Å². The number of carbonyl (C=O) groups is 1. The van der Waals surface area contributed by atoms with E-state index < -0.39 is 0 Å². The Morgan fingerprint density at radius 2 is 1.88 bits per heavy atom. The van der Waals surface area contributed by atoms with Crippen molar-refractivity contribution >= 4 is 34.7 Å². The van der Waals surface area contributed by atoms with Crippen LogP contribution in [0.4, 0.5) is 5.69 Å². The zero-order valence-electron chi connectivity index (χ0n) is 13.4. The van der Waals surface area contributed by atoms with E-state index in [0.717, 1.165) is 22.8 Å². The number of halogens is 1. The summed E-state index contributed by atoms with van der Waals surface area (Å²) in [6, 6.07) is 12.3. The van der Waals surface area contributed by atoms with Gasteiger partial charge < -0.3 is 14.8 Å². The zero-order chi connectivity index (χ0) is 17.8. The Labute approximate surface area is 153 Å². The van der Waals surface area contributed by atoms with E-state index >= 15 is 0 Å². The third-order valence-corrected chi connectivity index (χ3v) is 4.43. The molecule has 8 heteroatoms. The van der Waals surface area contributed by atoms with Gasteiger partial charge >= 0.3 is 0 Å². The molecule has 0 saturated carbocycles. The molecule has 0 unspecified atom stereocenters. The minimum Gasteiger partial charge on any atom is -0.497 e. The van der Waals surface area contributed by atoms with Gasteiger partial charge in [0.15, 0.2) is 0 Å². The Bertz CT molecular complexity index is 896. The van der Waals surface area contributed by atoms with Crippen LogP contribution in [0.3, 0.4) is 0 Å². The molecule has 0 aliphatic rings. The van der Waals surface area contributed by atoms with Gasteiger partial charge in [-0.25, -0.2) is 0 Å². The third kappa shape index (κ3) is 3.72. The highest BCUT2D eigenvalue weighted by molar-refractivity contribution is 7.08. The van der Waals surface area contributed by atoms with E-state index in [1.54, 1.807) is 37.4 Å². The van der Waals surface area contributed by atoms with Crippen LogP contribution in [-0.4, -0.2) is 29.7 Å². The lowest BCUT2D eigenvalue weighted by Gasteiger charge is -2.10. The number of nitrogens with zero attached hydrogens (tertiary/aromatic N) is 2. The Balaban J connectivity index is 1.89. The van der Waals surface area contributed by atoms with Crippen LogP contribution < -0.4 is 14.8 Å². The first-order valence-electron chi connectivity index (χ1n) is 7.24. The summed E-state index contributed by atoms with van der Waals surface area (Å²) >= 11 is 7.02. The minimum atomic E-state index is -0.332. The fraction of sp³-hybridized carbons (Fsp3) is 0.118. The van der Waals surface area contributed by atoms with Crippen molar-refractivity contribution in [2.75, 3.05) is 19.5 Å². The maximum Gasteiger partial charge on any atom is 0.269 e. The lowest BCUT2D eigenvalue weighted by atomic mass is 10.1. The molecule has 6 nitrogen and oxygen atoms in total. The first-order chi connectivity index (χ1) is 12.1. The molecular weight excluding hydrogens is 362 g/mol. The Morgan fingerprint density at radius 1 is 1.12 bits per heavy atom. The van der Waals surface area contributed by atoms with E-state index in [4.69, 9.17) is 21.1 Å². The topological polar surface area (TPSA) is 73.3 Å². The number of rotatable bonds is 5. The Morgan fingerprint density at radius 3 is 2.56 bits per heavy atom. The highest BCUT2D eigenvalue weighted by Crippen LogP contribution is 2.30. The number of anilines is 1. The van der Waals surface area contributed by atoms with Crippen LogP contribution in [0.25, 0.3) is 11.3 Å². The lowest BCUT2D eigenvalue weighted by Crippen LogP contribution is -2.12. The van der Waals surface area contributed by atoms with Gasteiger partial charge in [0.05, 0.1) is 19.9 Å². The quantitative estimate of drug-likeness (QED) is 0.725. The molecule has 0 aliphatic heterocycles. The fourth-order valence-corrected chi connectivity index (χ4v) is 2.99. The lowest BCUT2D eigenvalue weighted by molar-refractivity contribution is 0.103. The zero-order valence-corrected chi connectivity index (χ0v) is 15.0. The highest BCUT2D eigenvalue weighted by atomic mass is 35.5. The molecule has 0 atom stereocenters. The van der Waals surface area contributed by atoms with Crippen molar-refractivity contribution in [1.82, 2.24) is 9.59 Å². The maximum absolute atomic E-state index is 12.7. The van der Waals surface area contributed by atoms with Crippen molar-refractivity contribution in [1.29, 1.82) is 0 Å². The van der Waals surface area contributed by atoms with E-state index in [0.29, 0.717) is 27.0 Å². The maximum atomic E-state index is 12.7. The van der Waals surface area contributed by atoms with Crippen molar-refractivity contribution in [3.05, 3.63) is 52.4 Å². The average molecular weight is 376 g/mol. The highest BCUT2D eigenvalue weighted by Gasteiger charge is 2.19. The Hall–Kier alpha value is -2.64. The molecular formula is C17H14ClN3O3S. The van der Waals surface area contributed by atoms with Crippen LogP contribution in [0.2, 0.25) is 5.02 Å². The molecule has 0 saturated heterocycles. The summed E-state index contributed by atoms with van der Waals surface area (Å²) < 4.78 is 14.3. The first kappa shape index (κ1) is 17.2. The van der Waals surface area contributed by atoms with Crippen LogP contribution in [0.5, 0.6) is 11.5 Å². The normalized spacial score (nSPS) is 10.4. The number of hydrogen-bond donors (Lipinski definition) is 1. The van der Waals surface area contributed by atoms with Crippen molar-refractivity contribution < 1.29 is 14.3 Å². The molecule has 1 amide bonds. The molecule has 0 spiro atoms. The van der Waals surface area contributed by atoms with Gasteiger partial charge in [-0.1, -0.05) is 16.1 Å². The smallest absolute Gasteiger partial charge is 0.269 e. The second-order valence-corrected chi connectivity index (χ2v) is 6.17. The van der Waals surface area contributed by atoms with Crippen LogP contribution in [0.1, 0.15) is 9.67 Å². The summed E-state index contributed by atoms with van der Waals surface area (Å²) in [5.74, 6) is 0.907. The number of methoxy groups -OCH3 is 2. The van der Waals surface area contributed by atoms with E-state index in [9.17, 15) is 4.79 Å². The molecule has 0 fully saturated rings. The van der Waals surface area contributed by atoms with Crippen molar-refractivity contribution in [3.63, 3.8) is 0 Å². The van der Waals surface area contributed by atoms with Gasteiger partial charge in [-0.15, -0.1) is 5.10 Å². The molecule has 1 N–H and O–H groups in total. The van der Waals surface area contributed by atoms with Gasteiger partial charge in [0.2, 0.25) is 0 Å². The molecule has 3 rings (SSSR count). The summed E-state index contributed by atoms with van der Waals surface area (Å²) in [4.78, 5) is 13.1. The number of nitrogens with one attached hydrogen (secondary N) is 1. The van der Waals surface area contributed by atoms with E-state index in [1.807, 2.05) is 12.1 Å². The fourth-order valence-electron chi connectivity index (χ4n) is 2.23. The number of ether oxygens (including phenoxy) is 2. The standard InChI is InChI=1S/C17H14ClN3O3S/c1-23-12-6-3-10(4-7-12)15-16(25-21-20-15)17(22)19-13-9-11(18)5-8-14(13)24-2/h3-9H,1-2H3,(H,19,22). The average Bonchev–Trinajstić information content (AvgIpc) is 3.12. The minimum absolute atomic E-state index is 0.332. The number of benzene rings is 2. The second kappa shape index (κ2) is 7.50. The van der Waals surface area contributed by atoms with Crippen LogP contribution >= 0.6 is 23.1 Å². The molecule has 1 heterocycles.